The van der Waals surface area contributed by atoms with Gasteiger partial charge in [0.1, 0.15) is 5.75 Å². The molecule has 5 atom stereocenters. The predicted octanol–water partition coefficient (Wildman–Crippen LogP) is 3.91. The minimum Gasteiger partial charge on any atom is -0.497 e. The Balaban J connectivity index is 1.68. The van der Waals surface area contributed by atoms with E-state index in [2.05, 4.69) is 25.1 Å². The standard InChI is InChI=1S/C19H26O2/c1-19-8-7-16-15-6-4-14(21-2)9-12(15)3-5-17(16)18(19)10-13(20)11-19/h4,6,9,13,16-18,20H,3,5,7-8,10-11H2,1-2H3/t13-,16+,17+,18-,19+/m0/s1. The fourth-order valence-electron chi connectivity index (χ4n) is 5.71. The van der Waals surface area contributed by atoms with Crippen molar-refractivity contribution in [1.29, 1.82) is 0 Å². The minimum absolute atomic E-state index is 0.0592. The van der Waals surface area contributed by atoms with Crippen molar-refractivity contribution in [3.63, 3.8) is 0 Å². The Kier molecular flexibility index (Phi) is 3.08. The number of methoxy groups -OCH3 is 1. The highest BCUT2D eigenvalue weighted by Gasteiger charge is 2.52. The zero-order valence-corrected chi connectivity index (χ0v) is 13.1. The summed E-state index contributed by atoms with van der Waals surface area (Å²) in [6.45, 7) is 2.42. The van der Waals surface area contributed by atoms with Crippen molar-refractivity contribution in [1.82, 2.24) is 0 Å². The van der Waals surface area contributed by atoms with Crippen molar-refractivity contribution < 1.29 is 9.84 Å². The molecule has 3 aliphatic rings. The molecule has 1 aromatic carbocycles. The highest BCUT2D eigenvalue weighted by molar-refractivity contribution is 5.40. The van der Waals surface area contributed by atoms with Crippen molar-refractivity contribution in [2.24, 2.45) is 17.3 Å². The lowest BCUT2D eigenvalue weighted by molar-refractivity contribution is 0.0596. The number of hydrogen-bond donors (Lipinski definition) is 1. The molecule has 114 valence electrons. The molecule has 4 rings (SSSR count). The Hall–Kier alpha value is -1.02. The van der Waals surface area contributed by atoms with Gasteiger partial charge in [-0.15, -0.1) is 0 Å². The normalized spacial score (nSPS) is 41.1. The van der Waals surface area contributed by atoms with E-state index in [0.29, 0.717) is 11.3 Å². The van der Waals surface area contributed by atoms with Crippen molar-refractivity contribution in [2.75, 3.05) is 7.11 Å². The van der Waals surface area contributed by atoms with Crippen LogP contribution in [0.5, 0.6) is 5.75 Å². The van der Waals surface area contributed by atoms with Crippen LogP contribution >= 0.6 is 0 Å². The van der Waals surface area contributed by atoms with Crippen LogP contribution in [0.4, 0.5) is 0 Å². The van der Waals surface area contributed by atoms with E-state index < -0.39 is 0 Å². The lowest BCUT2D eigenvalue weighted by atomic mass is 9.56. The van der Waals surface area contributed by atoms with Crippen LogP contribution in [0.25, 0.3) is 0 Å². The van der Waals surface area contributed by atoms with E-state index >= 15 is 0 Å². The van der Waals surface area contributed by atoms with Gasteiger partial charge in [-0.1, -0.05) is 13.0 Å². The first kappa shape index (κ1) is 13.6. The largest absolute Gasteiger partial charge is 0.497 e. The molecule has 0 aliphatic heterocycles. The molecule has 2 heteroatoms. The smallest absolute Gasteiger partial charge is 0.119 e. The van der Waals surface area contributed by atoms with Gasteiger partial charge in [0, 0.05) is 0 Å². The van der Waals surface area contributed by atoms with Crippen LogP contribution in [-0.4, -0.2) is 18.3 Å². The maximum atomic E-state index is 10.2. The molecule has 3 aliphatic carbocycles. The summed E-state index contributed by atoms with van der Waals surface area (Å²) in [5.41, 5.74) is 3.46. The second-order valence-corrected chi connectivity index (χ2v) is 7.77. The lowest BCUT2D eigenvalue weighted by Crippen LogP contribution is -2.39. The molecule has 0 amide bonds. The molecule has 2 nitrogen and oxygen atoms in total. The summed E-state index contributed by atoms with van der Waals surface area (Å²) in [6.07, 6.45) is 7.04. The molecule has 0 saturated heterocycles. The molecule has 21 heavy (non-hydrogen) atoms. The third-order valence-corrected chi connectivity index (χ3v) is 6.68. The topological polar surface area (TPSA) is 29.5 Å². The molecule has 0 heterocycles. The Bertz CT molecular complexity index is 552. The number of aryl methyl sites for hydroxylation is 1. The van der Waals surface area contributed by atoms with Gasteiger partial charge in [-0.25, -0.2) is 0 Å². The fraction of sp³-hybridized carbons (Fsp3) is 0.684. The number of aliphatic hydroxyl groups excluding tert-OH is 1. The number of benzene rings is 1. The van der Waals surface area contributed by atoms with Gasteiger partial charge in [0.15, 0.2) is 0 Å². The number of fused-ring (bicyclic) bond motifs is 5. The van der Waals surface area contributed by atoms with E-state index in [0.717, 1.165) is 30.4 Å². The van der Waals surface area contributed by atoms with Gasteiger partial charge in [-0.05, 0) is 85.0 Å². The Morgan fingerprint density at radius 1 is 1.29 bits per heavy atom. The van der Waals surface area contributed by atoms with Gasteiger partial charge in [-0.3, -0.25) is 0 Å². The van der Waals surface area contributed by atoms with Gasteiger partial charge in [0.25, 0.3) is 0 Å². The van der Waals surface area contributed by atoms with E-state index in [-0.39, 0.29) is 6.10 Å². The van der Waals surface area contributed by atoms with Gasteiger partial charge in [0.05, 0.1) is 13.2 Å². The summed E-state index contributed by atoms with van der Waals surface area (Å²) < 4.78 is 5.38. The minimum atomic E-state index is -0.0592. The van der Waals surface area contributed by atoms with E-state index in [1.165, 1.54) is 31.2 Å². The molecule has 0 radical (unpaired) electrons. The molecule has 2 saturated carbocycles. The lowest BCUT2D eigenvalue weighted by Gasteiger charge is -2.49. The molecule has 1 aromatic rings. The fourth-order valence-corrected chi connectivity index (χ4v) is 5.71. The van der Waals surface area contributed by atoms with Crippen LogP contribution in [0.3, 0.4) is 0 Å². The first-order chi connectivity index (χ1) is 10.1. The average Bonchev–Trinajstić information content (AvgIpc) is 2.80. The van der Waals surface area contributed by atoms with Gasteiger partial charge < -0.3 is 9.84 Å². The Morgan fingerprint density at radius 2 is 2.14 bits per heavy atom. The summed E-state index contributed by atoms with van der Waals surface area (Å²) >= 11 is 0. The van der Waals surface area contributed by atoms with Crippen molar-refractivity contribution in [3.05, 3.63) is 29.3 Å². The van der Waals surface area contributed by atoms with E-state index in [1.807, 2.05) is 0 Å². The summed E-state index contributed by atoms with van der Waals surface area (Å²) in [7, 11) is 1.75. The average molecular weight is 286 g/mol. The molecule has 1 N–H and O–H groups in total. The quantitative estimate of drug-likeness (QED) is 0.848. The van der Waals surface area contributed by atoms with Crippen molar-refractivity contribution >= 4 is 0 Å². The third-order valence-electron chi connectivity index (χ3n) is 6.68. The molecular weight excluding hydrogens is 260 g/mol. The number of ether oxygens (including phenoxy) is 1. The molecule has 0 aromatic heterocycles. The maximum Gasteiger partial charge on any atom is 0.119 e. The highest BCUT2D eigenvalue weighted by Crippen LogP contribution is 2.60. The van der Waals surface area contributed by atoms with Crippen LogP contribution in [0.15, 0.2) is 18.2 Å². The number of rotatable bonds is 1. The zero-order chi connectivity index (χ0) is 14.6. The number of hydrogen-bond acceptors (Lipinski definition) is 2. The van der Waals surface area contributed by atoms with Gasteiger partial charge in [0.2, 0.25) is 0 Å². The SMILES string of the molecule is COc1ccc2c(c1)CC[C@@H]1[C@@H]2CC[C@]2(C)C[C@@H](O)C[C@@H]12. The first-order valence-electron chi connectivity index (χ1n) is 8.45. The van der Waals surface area contributed by atoms with Crippen LogP contribution in [-0.2, 0) is 6.42 Å². The van der Waals surface area contributed by atoms with E-state index in [4.69, 9.17) is 4.74 Å². The highest BCUT2D eigenvalue weighted by atomic mass is 16.5. The predicted molar refractivity (Wildman–Crippen MR) is 83.6 cm³/mol. The van der Waals surface area contributed by atoms with Crippen molar-refractivity contribution in [3.8, 4) is 5.75 Å². The molecular formula is C19H26O2. The molecule has 0 bridgehead atoms. The van der Waals surface area contributed by atoms with Crippen LogP contribution in [0.1, 0.15) is 56.1 Å². The maximum absolute atomic E-state index is 10.2. The van der Waals surface area contributed by atoms with Gasteiger partial charge >= 0.3 is 0 Å². The zero-order valence-electron chi connectivity index (χ0n) is 13.1. The second-order valence-electron chi connectivity index (χ2n) is 7.77. The summed E-state index contributed by atoms with van der Waals surface area (Å²) in [5, 5.41) is 10.2. The van der Waals surface area contributed by atoms with Crippen molar-refractivity contribution in [2.45, 2.75) is 57.5 Å². The van der Waals surface area contributed by atoms with Crippen LogP contribution < -0.4 is 4.74 Å². The summed E-state index contributed by atoms with van der Waals surface area (Å²) in [4.78, 5) is 0. The van der Waals surface area contributed by atoms with Gasteiger partial charge in [-0.2, -0.15) is 0 Å². The second kappa shape index (κ2) is 4.74. The monoisotopic (exact) mass is 286 g/mol. The molecule has 0 spiro atoms. The summed E-state index contributed by atoms with van der Waals surface area (Å²) in [5.74, 6) is 3.20. The Morgan fingerprint density at radius 3 is 2.95 bits per heavy atom. The third kappa shape index (κ3) is 2.03. The molecule has 2 fully saturated rings. The first-order valence-corrected chi connectivity index (χ1v) is 8.45. The molecule has 0 unspecified atom stereocenters. The summed E-state index contributed by atoms with van der Waals surface area (Å²) in [6, 6.07) is 6.67. The Labute approximate surface area is 127 Å². The van der Waals surface area contributed by atoms with Crippen LogP contribution in [0.2, 0.25) is 0 Å². The number of aliphatic hydroxyl groups is 1. The van der Waals surface area contributed by atoms with E-state index in [9.17, 15) is 5.11 Å². The van der Waals surface area contributed by atoms with E-state index in [1.54, 1.807) is 12.7 Å². The van der Waals surface area contributed by atoms with Crippen LogP contribution in [0, 0.1) is 17.3 Å².